The molecular formula is C13H18F3NO3S. The van der Waals surface area contributed by atoms with E-state index in [0.717, 1.165) is 6.07 Å². The number of nitrogens with two attached hydrogens (primary N) is 1. The molecule has 0 saturated heterocycles. The van der Waals surface area contributed by atoms with Crippen LogP contribution in [0.2, 0.25) is 0 Å². The fourth-order valence-corrected chi connectivity index (χ4v) is 3.27. The van der Waals surface area contributed by atoms with Gasteiger partial charge in [0.15, 0.2) is 9.84 Å². The lowest BCUT2D eigenvalue weighted by atomic mass is 10.1. The van der Waals surface area contributed by atoms with Gasteiger partial charge in [-0.25, -0.2) is 8.42 Å². The van der Waals surface area contributed by atoms with Gasteiger partial charge < -0.3 is 10.5 Å². The summed E-state index contributed by atoms with van der Waals surface area (Å²) in [7, 11) is -2.31. The molecule has 4 nitrogen and oxygen atoms in total. The standard InChI is InChI=1S/C13H18F3NO3S/c1-12(2,20-3)6-7-21(18,19)11-5-4-9(8-10(11)17)13(14,15)16/h4-5,8H,6-7,17H2,1-3H3. The number of ether oxygens (including phenoxy) is 1. The third kappa shape index (κ3) is 4.60. The minimum Gasteiger partial charge on any atom is -0.398 e. The zero-order valence-corrected chi connectivity index (χ0v) is 12.8. The molecule has 0 amide bonds. The number of halogens is 3. The maximum absolute atomic E-state index is 12.5. The Kier molecular flexibility index (Phi) is 4.94. The first-order chi connectivity index (χ1) is 9.39. The largest absolute Gasteiger partial charge is 0.416 e. The van der Waals surface area contributed by atoms with Crippen LogP contribution in [0.15, 0.2) is 23.1 Å². The summed E-state index contributed by atoms with van der Waals surface area (Å²) in [6.45, 7) is 3.44. The number of hydrogen-bond donors (Lipinski definition) is 1. The van der Waals surface area contributed by atoms with E-state index in [4.69, 9.17) is 10.5 Å². The van der Waals surface area contributed by atoms with E-state index in [0.29, 0.717) is 12.1 Å². The molecule has 21 heavy (non-hydrogen) atoms. The fraction of sp³-hybridized carbons (Fsp3) is 0.538. The monoisotopic (exact) mass is 325 g/mol. The molecular weight excluding hydrogens is 307 g/mol. The third-order valence-corrected chi connectivity index (χ3v) is 4.98. The van der Waals surface area contributed by atoms with Crippen molar-refractivity contribution in [3.05, 3.63) is 23.8 Å². The SMILES string of the molecule is COC(C)(C)CCS(=O)(=O)c1ccc(C(F)(F)F)cc1N. The van der Waals surface area contributed by atoms with Gasteiger partial charge in [-0.3, -0.25) is 0 Å². The van der Waals surface area contributed by atoms with Crippen LogP contribution in [-0.4, -0.2) is 26.9 Å². The first kappa shape index (κ1) is 17.8. The fourth-order valence-electron chi connectivity index (χ4n) is 1.60. The normalized spacial score (nSPS) is 13.4. The molecule has 1 aromatic rings. The Bertz CT molecular complexity index is 610. The van der Waals surface area contributed by atoms with Crippen LogP contribution in [-0.2, 0) is 20.8 Å². The number of anilines is 1. The molecule has 0 unspecified atom stereocenters. The highest BCUT2D eigenvalue weighted by Crippen LogP contribution is 2.33. The molecule has 0 atom stereocenters. The predicted molar refractivity (Wildman–Crippen MR) is 73.6 cm³/mol. The second-order valence-corrected chi connectivity index (χ2v) is 7.36. The van der Waals surface area contributed by atoms with Crippen LogP contribution < -0.4 is 5.73 Å². The Hall–Kier alpha value is -1.28. The molecule has 0 aliphatic rings. The lowest BCUT2D eigenvalue weighted by Crippen LogP contribution is -2.26. The van der Waals surface area contributed by atoms with E-state index >= 15 is 0 Å². The molecule has 1 aromatic carbocycles. The van der Waals surface area contributed by atoms with E-state index in [-0.39, 0.29) is 17.1 Å². The molecule has 0 aliphatic heterocycles. The second kappa shape index (κ2) is 5.84. The second-order valence-electron chi connectivity index (χ2n) is 5.28. The molecule has 0 aliphatic carbocycles. The van der Waals surface area contributed by atoms with Crippen LogP contribution >= 0.6 is 0 Å². The molecule has 0 bridgehead atoms. The molecule has 0 aromatic heterocycles. The quantitative estimate of drug-likeness (QED) is 0.845. The molecule has 8 heteroatoms. The van der Waals surface area contributed by atoms with Gasteiger partial charge in [0.05, 0.1) is 27.5 Å². The zero-order valence-electron chi connectivity index (χ0n) is 12.0. The van der Waals surface area contributed by atoms with Crippen molar-refractivity contribution < 1.29 is 26.3 Å². The average Bonchev–Trinajstić information content (AvgIpc) is 2.35. The van der Waals surface area contributed by atoms with Crippen molar-refractivity contribution in [3.63, 3.8) is 0 Å². The Labute approximate surface area is 122 Å². The molecule has 0 spiro atoms. The summed E-state index contributed by atoms with van der Waals surface area (Å²) in [5.74, 6) is -0.261. The van der Waals surface area contributed by atoms with Crippen LogP contribution in [0.4, 0.5) is 18.9 Å². The smallest absolute Gasteiger partial charge is 0.398 e. The Morgan fingerprint density at radius 2 is 1.81 bits per heavy atom. The minimum atomic E-state index is -4.56. The third-order valence-electron chi connectivity index (χ3n) is 3.20. The number of alkyl halides is 3. The van der Waals surface area contributed by atoms with Gasteiger partial charge in [-0.2, -0.15) is 13.2 Å². The zero-order chi connectivity index (χ0) is 16.5. The molecule has 2 N–H and O–H groups in total. The van der Waals surface area contributed by atoms with Gasteiger partial charge >= 0.3 is 6.18 Å². The highest BCUT2D eigenvalue weighted by Gasteiger charge is 2.32. The summed E-state index contributed by atoms with van der Waals surface area (Å²) in [5.41, 5.74) is 3.44. The van der Waals surface area contributed by atoms with E-state index < -0.39 is 32.9 Å². The van der Waals surface area contributed by atoms with Crippen LogP contribution in [0.25, 0.3) is 0 Å². The Morgan fingerprint density at radius 3 is 2.24 bits per heavy atom. The van der Waals surface area contributed by atoms with Crippen LogP contribution in [0.5, 0.6) is 0 Å². The summed E-state index contributed by atoms with van der Waals surface area (Å²) in [6, 6.07) is 2.24. The van der Waals surface area contributed by atoms with Crippen LogP contribution in [0.1, 0.15) is 25.8 Å². The number of sulfone groups is 1. The molecule has 0 saturated carbocycles. The number of rotatable bonds is 5. The predicted octanol–water partition coefficient (Wildman–Crippen LogP) is 2.88. The number of methoxy groups -OCH3 is 1. The summed E-state index contributed by atoms with van der Waals surface area (Å²) in [5, 5.41) is 0. The lowest BCUT2D eigenvalue weighted by Gasteiger charge is -2.22. The first-order valence-corrected chi connectivity index (χ1v) is 7.79. The summed E-state index contributed by atoms with van der Waals surface area (Å²) >= 11 is 0. The summed E-state index contributed by atoms with van der Waals surface area (Å²) in [4.78, 5) is -0.289. The van der Waals surface area contributed by atoms with Crippen molar-refractivity contribution in [1.29, 1.82) is 0 Å². The first-order valence-electron chi connectivity index (χ1n) is 6.14. The Balaban J connectivity index is 3.05. The molecule has 0 heterocycles. The highest BCUT2D eigenvalue weighted by atomic mass is 32.2. The number of hydrogen-bond acceptors (Lipinski definition) is 4. The van der Waals surface area contributed by atoms with Crippen molar-refractivity contribution in [2.45, 2.75) is 36.9 Å². The van der Waals surface area contributed by atoms with E-state index in [9.17, 15) is 21.6 Å². The summed E-state index contributed by atoms with van der Waals surface area (Å²) in [6.07, 6.45) is -4.36. The van der Waals surface area contributed by atoms with E-state index in [1.165, 1.54) is 7.11 Å². The molecule has 120 valence electrons. The van der Waals surface area contributed by atoms with Gasteiger partial charge in [-0.1, -0.05) is 0 Å². The Morgan fingerprint density at radius 1 is 1.24 bits per heavy atom. The maximum Gasteiger partial charge on any atom is 0.416 e. The minimum absolute atomic E-state index is 0.201. The lowest BCUT2D eigenvalue weighted by molar-refractivity contribution is -0.137. The van der Waals surface area contributed by atoms with Crippen molar-refractivity contribution in [2.75, 3.05) is 18.6 Å². The summed E-state index contributed by atoms with van der Waals surface area (Å²) < 4.78 is 67.0. The van der Waals surface area contributed by atoms with Crippen LogP contribution in [0.3, 0.4) is 0 Å². The van der Waals surface area contributed by atoms with Gasteiger partial charge in [0.2, 0.25) is 0 Å². The highest BCUT2D eigenvalue weighted by molar-refractivity contribution is 7.91. The van der Waals surface area contributed by atoms with E-state index in [1.54, 1.807) is 13.8 Å². The van der Waals surface area contributed by atoms with Crippen LogP contribution in [0, 0.1) is 0 Å². The van der Waals surface area contributed by atoms with Crippen molar-refractivity contribution in [2.24, 2.45) is 0 Å². The van der Waals surface area contributed by atoms with Gasteiger partial charge in [0.1, 0.15) is 0 Å². The maximum atomic E-state index is 12.5. The van der Waals surface area contributed by atoms with Gasteiger partial charge in [0, 0.05) is 7.11 Å². The van der Waals surface area contributed by atoms with E-state index in [1.807, 2.05) is 0 Å². The van der Waals surface area contributed by atoms with Crippen molar-refractivity contribution in [1.82, 2.24) is 0 Å². The van der Waals surface area contributed by atoms with Crippen molar-refractivity contribution >= 4 is 15.5 Å². The number of nitrogen functional groups attached to an aromatic ring is 1. The average molecular weight is 325 g/mol. The topological polar surface area (TPSA) is 69.4 Å². The molecule has 0 fully saturated rings. The van der Waals surface area contributed by atoms with E-state index in [2.05, 4.69) is 0 Å². The van der Waals surface area contributed by atoms with Crippen molar-refractivity contribution in [3.8, 4) is 0 Å². The number of benzene rings is 1. The molecule has 0 radical (unpaired) electrons. The van der Waals surface area contributed by atoms with Gasteiger partial charge in [0.25, 0.3) is 0 Å². The van der Waals surface area contributed by atoms with Gasteiger partial charge in [-0.05, 0) is 38.5 Å². The van der Waals surface area contributed by atoms with Gasteiger partial charge in [-0.15, -0.1) is 0 Å². The molecule has 1 rings (SSSR count).